The van der Waals surface area contributed by atoms with Crippen molar-refractivity contribution in [2.45, 2.75) is 71.8 Å². The fraction of sp³-hybridized carbons (Fsp3) is 0.947. The van der Waals surface area contributed by atoms with Gasteiger partial charge in [0, 0.05) is 25.0 Å². The van der Waals surface area contributed by atoms with Gasteiger partial charge in [-0.2, -0.15) is 0 Å². The Bertz CT molecular complexity index is 395. The third kappa shape index (κ3) is 5.75. The van der Waals surface area contributed by atoms with Gasteiger partial charge in [0.05, 0.1) is 5.60 Å². The highest BCUT2D eigenvalue weighted by Gasteiger charge is 2.35. The minimum Gasteiger partial charge on any atom is -0.389 e. The van der Waals surface area contributed by atoms with Crippen LogP contribution in [0.4, 0.5) is 0 Å². The molecule has 1 amide bonds. The first-order valence-corrected chi connectivity index (χ1v) is 9.41. The fourth-order valence-corrected chi connectivity index (χ4v) is 3.84. The molecular weight excluding hydrogens is 288 g/mol. The first-order valence-electron chi connectivity index (χ1n) is 9.41. The number of carbonyl (C=O) groups is 1. The highest BCUT2D eigenvalue weighted by atomic mass is 16.3. The molecule has 2 N–H and O–H groups in total. The van der Waals surface area contributed by atoms with Crippen molar-refractivity contribution < 1.29 is 9.90 Å². The lowest BCUT2D eigenvalue weighted by atomic mass is 9.79. The highest BCUT2D eigenvalue weighted by Crippen LogP contribution is 2.33. The van der Waals surface area contributed by atoms with Crippen molar-refractivity contribution in [2.75, 3.05) is 26.2 Å². The second-order valence-corrected chi connectivity index (χ2v) is 9.11. The maximum atomic E-state index is 12.0. The molecule has 1 atom stereocenters. The molecule has 2 aliphatic rings. The van der Waals surface area contributed by atoms with Crippen LogP contribution in [0.25, 0.3) is 0 Å². The van der Waals surface area contributed by atoms with E-state index >= 15 is 0 Å². The van der Waals surface area contributed by atoms with E-state index in [0.717, 1.165) is 57.8 Å². The van der Waals surface area contributed by atoms with Crippen LogP contribution in [0.3, 0.4) is 0 Å². The van der Waals surface area contributed by atoms with Gasteiger partial charge in [-0.3, -0.25) is 4.79 Å². The number of hydrogen-bond acceptors (Lipinski definition) is 3. The summed E-state index contributed by atoms with van der Waals surface area (Å²) in [5, 5.41) is 13.9. The zero-order valence-electron chi connectivity index (χ0n) is 15.5. The Balaban J connectivity index is 1.78. The van der Waals surface area contributed by atoms with E-state index in [1.54, 1.807) is 0 Å². The van der Waals surface area contributed by atoms with Gasteiger partial charge in [-0.1, -0.05) is 27.7 Å². The molecule has 4 nitrogen and oxygen atoms in total. The fourth-order valence-electron chi connectivity index (χ4n) is 3.84. The third-order valence-electron chi connectivity index (χ3n) is 5.56. The molecule has 1 aliphatic carbocycles. The Hall–Kier alpha value is -0.610. The van der Waals surface area contributed by atoms with Gasteiger partial charge in [0.1, 0.15) is 0 Å². The van der Waals surface area contributed by atoms with Crippen LogP contribution < -0.4 is 5.32 Å². The van der Waals surface area contributed by atoms with E-state index in [1.165, 1.54) is 12.8 Å². The van der Waals surface area contributed by atoms with E-state index in [4.69, 9.17) is 0 Å². The van der Waals surface area contributed by atoms with Crippen molar-refractivity contribution >= 4 is 5.91 Å². The molecule has 1 saturated carbocycles. The van der Waals surface area contributed by atoms with Gasteiger partial charge in [-0.15, -0.1) is 0 Å². The van der Waals surface area contributed by atoms with Crippen LogP contribution in [0.1, 0.15) is 66.2 Å². The van der Waals surface area contributed by atoms with Crippen LogP contribution in [0, 0.1) is 17.3 Å². The number of hydrogen-bond donors (Lipinski definition) is 2. The SMILES string of the molecule is CC1CCC(O)(CN2CCCC(CNC(=O)C(C)(C)C)C2)CC1. The molecule has 0 bridgehead atoms. The van der Waals surface area contributed by atoms with E-state index in [2.05, 4.69) is 17.1 Å². The summed E-state index contributed by atoms with van der Waals surface area (Å²) in [6.07, 6.45) is 6.52. The van der Waals surface area contributed by atoms with Gasteiger partial charge in [0.2, 0.25) is 5.91 Å². The number of amides is 1. The summed E-state index contributed by atoms with van der Waals surface area (Å²) >= 11 is 0. The molecule has 134 valence electrons. The summed E-state index contributed by atoms with van der Waals surface area (Å²) in [5.41, 5.74) is -0.800. The smallest absolute Gasteiger partial charge is 0.225 e. The van der Waals surface area contributed by atoms with Crippen molar-refractivity contribution in [3.05, 3.63) is 0 Å². The van der Waals surface area contributed by atoms with Crippen molar-refractivity contribution in [3.63, 3.8) is 0 Å². The van der Waals surface area contributed by atoms with Gasteiger partial charge >= 0.3 is 0 Å². The van der Waals surface area contributed by atoms with Crippen LogP contribution in [-0.2, 0) is 4.79 Å². The first kappa shape index (κ1) is 18.7. The average molecular weight is 325 g/mol. The molecule has 1 aliphatic heterocycles. The Morgan fingerprint density at radius 1 is 1.26 bits per heavy atom. The molecule has 2 fully saturated rings. The van der Waals surface area contributed by atoms with Crippen molar-refractivity contribution in [3.8, 4) is 0 Å². The minimum atomic E-state index is -0.483. The molecule has 1 unspecified atom stereocenters. The quantitative estimate of drug-likeness (QED) is 0.836. The second kappa shape index (κ2) is 7.52. The van der Waals surface area contributed by atoms with Crippen LogP contribution in [0.2, 0.25) is 0 Å². The van der Waals surface area contributed by atoms with Gasteiger partial charge in [0.15, 0.2) is 0 Å². The summed E-state index contributed by atoms with van der Waals surface area (Å²) in [4.78, 5) is 14.4. The monoisotopic (exact) mass is 324 g/mol. The maximum Gasteiger partial charge on any atom is 0.225 e. The van der Waals surface area contributed by atoms with Crippen LogP contribution in [0.5, 0.6) is 0 Å². The zero-order valence-corrected chi connectivity index (χ0v) is 15.5. The molecule has 0 aromatic rings. The summed E-state index contributed by atoms with van der Waals surface area (Å²) in [6, 6.07) is 0. The number of rotatable bonds is 4. The number of β-amino-alcohol motifs (C(OH)–C–C–N with tert-alkyl or cyclic N) is 1. The highest BCUT2D eigenvalue weighted by molar-refractivity contribution is 5.81. The van der Waals surface area contributed by atoms with E-state index in [1.807, 2.05) is 20.8 Å². The van der Waals surface area contributed by atoms with Crippen LogP contribution >= 0.6 is 0 Å². The van der Waals surface area contributed by atoms with E-state index < -0.39 is 5.60 Å². The van der Waals surface area contributed by atoms with Gasteiger partial charge in [0.25, 0.3) is 0 Å². The zero-order chi connectivity index (χ0) is 17.1. The molecule has 0 spiro atoms. The number of likely N-dealkylation sites (tertiary alicyclic amines) is 1. The topological polar surface area (TPSA) is 52.6 Å². The molecule has 23 heavy (non-hydrogen) atoms. The largest absolute Gasteiger partial charge is 0.389 e. The maximum absolute atomic E-state index is 12.0. The summed E-state index contributed by atoms with van der Waals surface area (Å²) in [5.74, 6) is 1.41. The lowest BCUT2D eigenvalue weighted by Gasteiger charge is -2.41. The standard InChI is InChI=1S/C19H36N2O2/c1-15-7-9-19(23,10-8-15)14-21-11-5-6-16(13-21)12-20-17(22)18(2,3)4/h15-16,23H,5-14H2,1-4H3,(H,20,22). The Kier molecular flexibility index (Phi) is 6.12. The van der Waals surface area contributed by atoms with Crippen molar-refractivity contribution in [1.82, 2.24) is 10.2 Å². The van der Waals surface area contributed by atoms with E-state index in [0.29, 0.717) is 5.92 Å². The predicted octanol–water partition coefficient (Wildman–Crippen LogP) is 2.80. The molecule has 0 radical (unpaired) electrons. The van der Waals surface area contributed by atoms with Crippen molar-refractivity contribution in [2.24, 2.45) is 17.3 Å². The number of nitrogens with one attached hydrogen (secondary N) is 1. The number of nitrogens with zero attached hydrogens (tertiary/aromatic N) is 1. The summed E-state index contributed by atoms with van der Waals surface area (Å²) < 4.78 is 0. The molecular formula is C19H36N2O2. The second-order valence-electron chi connectivity index (χ2n) is 9.11. The summed E-state index contributed by atoms with van der Waals surface area (Å²) in [7, 11) is 0. The normalized spacial score (nSPS) is 33.4. The Morgan fingerprint density at radius 3 is 2.52 bits per heavy atom. The van der Waals surface area contributed by atoms with Gasteiger partial charge < -0.3 is 15.3 Å². The number of piperidine rings is 1. The molecule has 0 aromatic carbocycles. The first-order chi connectivity index (χ1) is 10.7. The van der Waals surface area contributed by atoms with Gasteiger partial charge in [-0.05, 0) is 56.9 Å². The van der Waals surface area contributed by atoms with E-state index in [9.17, 15) is 9.90 Å². The molecule has 0 aromatic heterocycles. The lowest BCUT2D eigenvalue weighted by molar-refractivity contribution is -0.128. The van der Waals surface area contributed by atoms with E-state index in [-0.39, 0.29) is 11.3 Å². The molecule has 1 saturated heterocycles. The molecule has 1 heterocycles. The Morgan fingerprint density at radius 2 is 1.91 bits per heavy atom. The number of aliphatic hydroxyl groups is 1. The van der Waals surface area contributed by atoms with Crippen LogP contribution in [0.15, 0.2) is 0 Å². The predicted molar refractivity (Wildman–Crippen MR) is 94.2 cm³/mol. The molecule has 4 heteroatoms. The van der Waals surface area contributed by atoms with Gasteiger partial charge in [-0.25, -0.2) is 0 Å². The minimum absolute atomic E-state index is 0.134. The van der Waals surface area contributed by atoms with Crippen LogP contribution in [-0.4, -0.2) is 47.7 Å². The molecule has 2 rings (SSSR count). The van der Waals surface area contributed by atoms with Crippen molar-refractivity contribution in [1.29, 1.82) is 0 Å². The average Bonchev–Trinajstić information content (AvgIpc) is 2.47. The lowest BCUT2D eigenvalue weighted by Crippen LogP contribution is -2.50. The summed E-state index contributed by atoms with van der Waals surface area (Å²) in [6.45, 7) is 11.8. The number of carbonyl (C=O) groups excluding carboxylic acids is 1. The Labute approximate surface area is 142 Å². The third-order valence-corrected chi connectivity index (χ3v) is 5.56.